The Labute approximate surface area is 85.2 Å². The average Bonchev–Trinajstić information content (AvgIpc) is 2.17. The summed E-state index contributed by atoms with van der Waals surface area (Å²) in [6, 6.07) is 3.12. The van der Waals surface area contributed by atoms with Crippen LogP contribution in [0.4, 0.5) is 13.2 Å². The van der Waals surface area contributed by atoms with E-state index in [1.165, 1.54) is 0 Å². The smallest absolute Gasteiger partial charge is 0.292 e. The lowest BCUT2D eigenvalue weighted by molar-refractivity contribution is -0.192. The Morgan fingerprint density at radius 1 is 1.53 bits per heavy atom. The van der Waals surface area contributed by atoms with Gasteiger partial charge >= 0.3 is 6.18 Å². The van der Waals surface area contributed by atoms with Crippen LogP contribution in [0.2, 0.25) is 0 Å². The topological polar surface area (TPSA) is 34.1 Å². The van der Waals surface area contributed by atoms with Gasteiger partial charge in [0.1, 0.15) is 0 Å². The highest BCUT2D eigenvalue weighted by atomic mass is 19.4. The molecule has 0 bridgehead atoms. The summed E-state index contributed by atoms with van der Waals surface area (Å²) in [5, 5.41) is 0. The van der Waals surface area contributed by atoms with Crippen molar-refractivity contribution >= 4 is 0 Å². The zero-order valence-corrected chi connectivity index (χ0v) is 8.08. The molecular formula is C9H11F3N2O. The predicted molar refractivity (Wildman–Crippen MR) is 47.8 cm³/mol. The van der Waals surface area contributed by atoms with Crippen LogP contribution in [0.15, 0.2) is 24.5 Å². The molecule has 1 atom stereocenters. The maximum absolute atomic E-state index is 11.7. The molecule has 1 rings (SSSR count). The minimum absolute atomic E-state index is 0.332. The zero-order valence-electron chi connectivity index (χ0n) is 8.08. The van der Waals surface area contributed by atoms with Crippen LogP contribution in [0.5, 0.6) is 0 Å². The molecule has 0 aliphatic carbocycles. The molecule has 0 radical (unpaired) electrons. The summed E-state index contributed by atoms with van der Waals surface area (Å²) >= 11 is 0. The van der Waals surface area contributed by atoms with Crippen LogP contribution >= 0.6 is 0 Å². The SMILES string of the molecule is CC(NOCC(F)(F)F)c1cccnc1. The number of halogens is 3. The Bertz CT molecular complexity index is 289. The molecule has 1 aromatic heterocycles. The molecule has 0 fully saturated rings. The van der Waals surface area contributed by atoms with Crippen LogP contribution in [0.1, 0.15) is 18.5 Å². The summed E-state index contributed by atoms with van der Waals surface area (Å²) in [7, 11) is 0. The zero-order chi connectivity index (χ0) is 11.3. The third kappa shape index (κ3) is 4.75. The highest BCUT2D eigenvalue weighted by Gasteiger charge is 2.28. The van der Waals surface area contributed by atoms with Crippen molar-refractivity contribution < 1.29 is 18.0 Å². The molecule has 6 heteroatoms. The van der Waals surface area contributed by atoms with Gasteiger partial charge in [-0.2, -0.15) is 18.7 Å². The van der Waals surface area contributed by atoms with Gasteiger partial charge in [-0.25, -0.2) is 0 Å². The monoisotopic (exact) mass is 220 g/mol. The maximum atomic E-state index is 11.7. The van der Waals surface area contributed by atoms with E-state index in [0.29, 0.717) is 0 Å². The number of nitrogens with one attached hydrogen (secondary N) is 1. The summed E-state index contributed by atoms with van der Waals surface area (Å²) in [5.41, 5.74) is 3.06. The number of alkyl halides is 3. The molecule has 0 spiro atoms. The van der Waals surface area contributed by atoms with Crippen molar-refractivity contribution in [3.05, 3.63) is 30.1 Å². The second kappa shape index (κ2) is 5.09. The fourth-order valence-electron chi connectivity index (χ4n) is 0.949. The molecule has 1 unspecified atom stereocenters. The fourth-order valence-corrected chi connectivity index (χ4v) is 0.949. The summed E-state index contributed by atoms with van der Waals surface area (Å²) < 4.78 is 35.2. The lowest BCUT2D eigenvalue weighted by atomic mass is 10.2. The first-order valence-electron chi connectivity index (χ1n) is 4.33. The van der Waals surface area contributed by atoms with Gasteiger partial charge in [0, 0.05) is 12.4 Å². The largest absolute Gasteiger partial charge is 0.413 e. The highest BCUT2D eigenvalue weighted by Crippen LogP contribution is 2.15. The number of hydrogen-bond donors (Lipinski definition) is 1. The van der Waals surface area contributed by atoms with E-state index < -0.39 is 12.8 Å². The molecule has 1 aromatic rings. The summed E-state index contributed by atoms with van der Waals surface area (Å²) in [6.07, 6.45) is -1.16. The molecule has 84 valence electrons. The van der Waals surface area contributed by atoms with Crippen LogP contribution in [-0.4, -0.2) is 17.8 Å². The number of hydroxylamine groups is 1. The van der Waals surface area contributed by atoms with E-state index in [1.807, 2.05) is 0 Å². The quantitative estimate of drug-likeness (QED) is 0.790. The van der Waals surface area contributed by atoms with Crippen molar-refractivity contribution in [1.82, 2.24) is 10.5 Å². The van der Waals surface area contributed by atoms with Gasteiger partial charge in [0.15, 0.2) is 6.61 Å². The first kappa shape index (κ1) is 11.9. The first-order valence-corrected chi connectivity index (χ1v) is 4.33. The average molecular weight is 220 g/mol. The third-order valence-electron chi connectivity index (χ3n) is 1.68. The first-order chi connectivity index (χ1) is 6.99. The van der Waals surface area contributed by atoms with E-state index in [2.05, 4.69) is 15.3 Å². The standard InChI is InChI=1S/C9H11F3N2O/c1-7(8-3-2-4-13-5-8)14-15-6-9(10,11)12/h2-5,7,14H,6H2,1H3. The molecule has 3 nitrogen and oxygen atoms in total. The van der Waals surface area contributed by atoms with Crippen molar-refractivity contribution in [3.63, 3.8) is 0 Å². The molecule has 0 saturated heterocycles. The number of rotatable bonds is 4. The van der Waals surface area contributed by atoms with Gasteiger partial charge in [-0.05, 0) is 18.6 Å². The third-order valence-corrected chi connectivity index (χ3v) is 1.68. The van der Waals surface area contributed by atoms with Gasteiger partial charge in [-0.3, -0.25) is 9.82 Å². The molecule has 15 heavy (non-hydrogen) atoms. The van der Waals surface area contributed by atoms with E-state index in [0.717, 1.165) is 5.56 Å². The number of aromatic nitrogens is 1. The molecule has 0 aromatic carbocycles. The van der Waals surface area contributed by atoms with E-state index in [4.69, 9.17) is 0 Å². The second-order valence-electron chi connectivity index (χ2n) is 3.03. The molecule has 1 N–H and O–H groups in total. The van der Waals surface area contributed by atoms with Crippen LogP contribution in [0.3, 0.4) is 0 Å². The van der Waals surface area contributed by atoms with Gasteiger partial charge in [-0.15, -0.1) is 0 Å². The van der Waals surface area contributed by atoms with Crippen molar-refractivity contribution in [2.45, 2.75) is 19.1 Å². The molecule has 0 amide bonds. The fraction of sp³-hybridized carbons (Fsp3) is 0.444. The van der Waals surface area contributed by atoms with Crippen LogP contribution in [0, 0.1) is 0 Å². The Balaban J connectivity index is 2.34. The molecule has 0 aliphatic heterocycles. The van der Waals surface area contributed by atoms with E-state index in [1.54, 1.807) is 31.5 Å². The predicted octanol–water partition coefficient (Wildman–Crippen LogP) is 2.23. The summed E-state index contributed by atoms with van der Waals surface area (Å²) in [5.74, 6) is 0. The maximum Gasteiger partial charge on any atom is 0.413 e. The highest BCUT2D eigenvalue weighted by molar-refractivity contribution is 5.12. The van der Waals surface area contributed by atoms with Gasteiger partial charge in [0.2, 0.25) is 0 Å². The Morgan fingerprint density at radius 2 is 2.27 bits per heavy atom. The van der Waals surface area contributed by atoms with Crippen molar-refractivity contribution in [3.8, 4) is 0 Å². The van der Waals surface area contributed by atoms with Crippen LogP contribution in [0.25, 0.3) is 0 Å². The van der Waals surface area contributed by atoms with Gasteiger partial charge in [0.05, 0.1) is 6.04 Å². The minimum atomic E-state index is -4.32. The molecule has 1 heterocycles. The summed E-state index contributed by atoms with van der Waals surface area (Å²) in [4.78, 5) is 8.16. The lowest BCUT2D eigenvalue weighted by Gasteiger charge is -2.14. The van der Waals surface area contributed by atoms with E-state index in [9.17, 15) is 13.2 Å². The van der Waals surface area contributed by atoms with Crippen molar-refractivity contribution in [1.29, 1.82) is 0 Å². The molecule has 0 aliphatic rings. The Morgan fingerprint density at radius 3 is 2.80 bits per heavy atom. The van der Waals surface area contributed by atoms with Gasteiger partial charge in [-0.1, -0.05) is 6.07 Å². The van der Waals surface area contributed by atoms with E-state index >= 15 is 0 Å². The Hall–Kier alpha value is -1.14. The summed E-state index contributed by atoms with van der Waals surface area (Å²) in [6.45, 7) is 0.380. The minimum Gasteiger partial charge on any atom is -0.292 e. The van der Waals surface area contributed by atoms with Gasteiger partial charge < -0.3 is 0 Å². The van der Waals surface area contributed by atoms with E-state index in [-0.39, 0.29) is 6.04 Å². The number of hydrogen-bond acceptors (Lipinski definition) is 3. The normalized spacial score (nSPS) is 13.9. The number of pyridine rings is 1. The number of nitrogens with zero attached hydrogens (tertiary/aromatic N) is 1. The molecular weight excluding hydrogens is 209 g/mol. The lowest BCUT2D eigenvalue weighted by Crippen LogP contribution is -2.26. The van der Waals surface area contributed by atoms with Gasteiger partial charge in [0.25, 0.3) is 0 Å². The second-order valence-corrected chi connectivity index (χ2v) is 3.03. The van der Waals surface area contributed by atoms with Crippen molar-refractivity contribution in [2.75, 3.05) is 6.61 Å². The Kier molecular flexibility index (Phi) is 4.05. The van der Waals surface area contributed by atoms with Crippen LogP contribution < -0.4 is 5.48 Å². The van der Waals surface area contributed by atoms with Crippen LogP contribution in [-0.2, 0) is 4.84 Å². The molecule has 0 saturated carbocycles. The van der Waals surface area contributed by atoms with Crippen molar-refractivity contribution in [2.24, 2.45) is 0 Å².